The molecule has 106 valence electrons. The Morgan fingerprint density at radius 3 is 2.63 bits per heavy atom. The Hall–Kier alpha value is -0.910. The zero-order valence-electron chi connectivity index (χ0n) is 11.5. The fourth-order valence-corrected chi connectivity index (χ4v) is 3.57. The smallest absolute Gasteiger partial charge is 0.216 e. The molecule has 0 saturated heterocycles. The number of hydrogen-bond donors (Lipinski definition) is 2. The summed E-state index contributed by atoms with van der Waals surface area (Å²) in [5.41, 5.74) is 1.96. The molecule has 1 aromatic carbocycles. The lowest BCUT2D eigenvalue weighted by Gasteiger charge is -2.08. The number of nitrogens with one attached hydrogen (secondary N) is 2. The van der Waals surface area contributed by atoms with E-state index >= 15 is 0 Å². The first-order valence-electron chi connectivity index (χ1n) is 6.78. The zero-order chi connectivity index (χ0) is 13.9. The van der Waals surface area contributed by atoms with Gasteiger partial charge in [-0.1, -0.05) is 38.1 Å². The van der Waals surface area contributed by atoms with Crippen LogP contribution in [0.25, 0.3) is 0 Å². The van der Waals surface area contributed by atoms with Crippen molar-refractivity contribution in [2.24, 2.45) is 5.92 Å². The fourth-order valence-electron chi connectivity index (χ4n) is 2.08. The van der Waals surface area contributed by atoms with E-state index in [-0.39, 0.29) is 11.8 Å². The Kier molecular flexibility index (Phi) is 4.60. The molecule has 1 fully saturated rings. The first-order chi connectivity index (χ1) is 9.00. The van der Waals surface area contributed by atoms with Crippen LogP contribution in [0, 0.1) is 5.92 Å². The van der Waals surface area contributed by atoms with Crippen LogP contribution in [-0.2, 0) is 22.3 Å². The van der Waals surface area contributed by atoms with E-state index in [1.807, 2.05) is 24.3 Å². The maximum atomic E-state index is 12.0. The lowest BCUT2D eigenvalue weighted by molar-refractivity contribution is 0.577. The minimum absolute atomic E-state index is 0.0657. The Labute approximate surface area is 115 Å². The van der Waals surface area contributed by atoms with Crippen LogP contribution in [0.5, 0.6) is 0 Å². The van der Waals surface area contributed by atoms with Gasteiger partial charge in [-0.15, -0.1) is 0 Å². The molecule has 0 aliphatic heterocycles. The molecule has 1 saturated carbocycles. The summed E-state index contributed by atoms with van der Waals surface area (Å²) in [7, 11) is -3.21. The van der Waals surface area contributed by atoms with Crippen molar-refractivity contribution in [3.8, 4) is 0 Å². The summed E-state index contributed by atoms with van der Waals surface area (Å²) in [5.74, 6) is 0.547. The fraction of sp³-hybridized carbons (Fsp3) is 0.571. The highest BCUT2D eigenvalue weighted by Crippen LogP contribution is 2.30. The van der Waals surface area contributed by atoms with E-state index in [0.29, 0.717) is 5.92 Å². The normalized spacial score (nSPS) is 22.4. The molecule has 0 heterocycles. The molecule has 0 amide bonds. The van der Waals surface area contributed by atoms with E-state index < -0.39 is 10.0 Å². The number of hydrogen-bond acceptors (Lipinski definition) is 3. The molecule has 2 rings (SSSR count). The van der Waals surface area contributed by atoms with Gasteiger partial charge in [0.05, 0.1) is 5.75 Å². The summed E-state index contributed by atoms with van der Waals surface area (Å²) in [6, 6.07) is 7.89. The second-order valence-corrected chi connectivity index (χ2v) is 7.05. The largest absolute Gasteiger partial charge is 0.313 e. The zero-order valence-corrected chi connectivity index (χ0v) is 12.3. The van der Waals surface area contributed by atoms with E-state index in [1.165, 1.54) is 0 Å². The quantitative estimate of drug-likeness (QED) is 0.799. The van der Waals surface area contributed by atoms with Crippen molar-refractivity contribution in [1.29, 1.82) is 0 Å². The maximum Gasteiger partial charge on any atom is 0.216 e. The van der Waals surface area contributed by atoms with E-state index in [9.17, 15) is 8.42 Å². The van der Waals surface area contributed by atoms with Crippen molar-refractivity contribution in [3.63, 3.8) is 0 Å². The minimum Gasteiger partial charge on any atom is -0.313 e. The van der Waals surface area contributed by atoms with Crippen LogP contribution in [-0.4, -0.2) is 21.0 Å². The molecule has 19 heavy (non-hydrogen) atoms. The van der Waals surface area contributed by atoms with Gasteiger partial charge in [-0.25, -0.2) is 13.1 Å². The molecule has 1 aliphatic rings. The van der Waals surface area contributed by atoms with E-state index in [2.05, 4.69) is 23.9 Å². The molecular formula is C14H22N2O2S. The van der Waals surface area contributed by atoms with Crippen molar-refractivity contribution < 1.29 is 8.42 Å². The SMILES string of the molecule is CCNCc1cccc(CS(=O)(=O)NC2CC2C)c1. The molecular weight excluding hydrogens is 260 g/mol. The summed E-state index contributed by atoms with van der Waals surface area (Å²) in [4.78, 5) is 0. The van der Waals surface area contributed by atoms with Gasteiger partial charge in [0.15, 0.2) is 0 Å². The van der Waals surface area contributed by atoms with Gasteiger partial charge in [0, 0.05) is 12.6 Å². The number of benzene rings is 1. The summed E-state index contributed by atoms with van der Waals surface area (Å²) >= 11 is 0. The molecule has 2 atom stereocenters. The molecule has 1 aliphatic carbocycles. The van der Waals surface area contributed by atoms with Crippen LogP contribution >= 0.6 is 0 Å². The second-order valence-electron chi connectivity index (χ2n) is 5.30. The van der Waals surface area contributed by atoms with Crippen LogP contribution in [0.2, 0.25) is 0 Å². The Balaban J connectivity index is 1.97. The summed E-state index contributed by atoms with van der Waals surface area (Å²) in [6.07, 6.45) is 0.958. The second kappa shape index (κ2) is 6.03. The standard InChI is InChI=1S/C14H22N2O2S/c1-3-15-9-12-5-4-6-13(8-12)10-19(17,18)16-14-7-11(14)2/h4-6,8,11,14-16H,3,7,9-10H2,1-2H3. The van der Waals surface area contributed by atoms with Crippen molar-refractivity contribution in [2.45, 2.75) is 38.6 Å². The highest BCUT2D eigenvalue weighted by molar-refractivity contribution is 7.88. The minimum atomic E-state index is -3.21. The van der Waals surface area contributed by atoms with Gasteiger partial charge in [-0.2, -0.15) is 0 Å². The van der Waals surface area contributed by atoms with E-state index in [0.717, 1.165) is 30.6 Å². The van der Waals surface area contributed by atoms with Gasteiger partial charge in [0.25, 0.3) is 0 Å². The van der Waals surface area contributed by atoms with E-state index in [4.69, 9.17) is 0 Å². The van der Waals surface area contributed by atoms with Crippen LogP contribution in [0.3, 0.4) is 0 Å². The molecule has 0 radical (unpaired) electrons. The number of sulfonamides is 1. The molecule has 0 bridgehead atoms. The van der Waals surface area contributed by atoms with Crippen molar-refractivity contribution in [1.82, 2.24) is 10.0 Å². The monoisotopic (exact) mass is 282 g/mol. The molecule has 0 spiro atoms. The summed E-state index contributed by atoms with van der Waals surface area (Å²) < 4.78 is 26.7. The average molecular weight is 282 g/mol. The Bertz CT molecular complexity index is 528. The van der Waals surface area contributed by atoms with Gasteiger partial charge in [-0.05, 0) is 30.0 Å². The average Bonchev–Trinajstić information content (AvgIpc) is 3.01. The highest BCUT2D eigenvalue weighted by Gasteiger charge is 2.35. The van der Waals surface area contributed by atoms with Gasteiger partial charge in [-0.3, -0.25) is 0 Å². The molecule has 4 nitrogen and oxygen atoms in total. The third-order valence-corrected chi connectivity index (χ3v) is 4.74. The van der Waals surface area contributed by atoms with E-state index in [1.54, 1.807) is 0 Å². The molecule has 2 unspecified atom stereocenters. The van der Waals surface area contributed by atoms with Crippen LogP contribution in [0.1, 0.15) is 31.4 Å². The summed E-state index contributed by atoms with van der Waals surface area (Å²) in [6.45, 7) is 5.79. The van der Waals surface area contributed by atoms with Crippen LogP contribution < -0.4 is 10.0 Å². The number of rotatable bonds is 7. The van der Waals surface area contributed by atoms with Gasteiger partial charge < -0.3 is 5.32 Å². The predicted molar refractivity (Wildman–Crippen MR) is 77.2 cm³/mol. The topological polar surface area (TPSA) is 58.2 Å². The Morgan fingerprint density at radius 1 is 1.32 bits per heavy atom. The van der Waals surface area contributed by atoms with Crippen molar-refractivity contribution in [3.05, 3.63) is 35.4 Å². The van der Waals surface area contributed by atoms with Gasteiger partial charge in [0.1, 0.15) is 0 Å². The Morgan fingerprint density at radius 2 is 2.00 bits per heavy atom. The van der Waals surface area contributed by atoms with Gasteiger partial charge in [0.2, 0.25) is 10.0 Å². The third-order valence-electron chi connectivity index (χ3n) is 3.37. The molecule has 5 heteroatoms. The van der Waals surface area contributed by atoms with Crippen LogP contribution in [0.4, 0.5) is 0 Å². The lowest BCUT2D eigenvalue weighted by Crippen LogP contribution is -2.28. The van der Waals surface area contributed by atoms with Crippen molar-refractivity contribution in [2.75, 3.05) is 6.54 Å². The maximum absolute atomic E-state index is 12.0. The van der Waals surface area contributed by atoms with Crippen molar-refractivity contribution >= 4 is 10.0 Å². The molecule has 1 aromatic rings. The lowest BCUT2D eigenvalue weighted by atomic mass is 10.1. The first kappa shape index (κ1) is 14.5. The first-order valence-corrected chi connectivity index (χ1v) is 8.44. The molecule has 2 N–H and O–H groups in total. The summed E-state index contributed by atoms with van der Waals surface area (Å²) in [5, 5.41) is 3.24. The van der Waals surface area contributed by atoms with Crippen LogP contribution in [0.15, 0.2) is 24.3 Å². The highest BCUT2D eigenvalue weighted by atomic mass is 32.2. The third kappa shape index (κ3) is 4.60. The molecule has 0 aromatic heterocycles. The van der Waals surface area contributed by atoms with Gasteiger partial charge >= 0.3 is 0 Å². The predicted octanol–water partition coefficient (Wildman–Crippen LogP) is 1.62.